The van der Waals surface area contributed by atoms with Crippen LogP contribution in [0.3, 0.4) is 0 Å². The summed E-state index contributed by atoms with van der Waals surface area (Å²) in [5.74, 6) is 0. The molecule has 0 aromatic carbocycles. The molecule has 12 heavy (non-hydrogen) atoms. The van der Waals surface area contributed by atoms with Gasteiger partial charge in [-0.15, -0.1) is 11.3 Å². The van der Waals surface area contributed by atoms with Gasteiger partial charge in [0.05, 0.1) is 0 Å². The highest BCUT2D eigenvalue weighted by atomic mass is 79.9. The summed E-state index contributed by atoms with van der Waals surface area (Å²) in [5.41, 5.74) is 0. The molecular weight excluding hydrogens is 256 g/mol. The number of hydrogen-bond donors (Lipinski definition) is 0. The third-order valence-electron chi connectivity index (χ3n) is 1.35. The molecule has 2 nitrogen and oxygen atoms in total. The molecule has 2 aromatic rings. The fourth-order valence-electron chi connectivity index (χ4n) is 0.868. The first-order valence-corrected chi connectivity index (χ1v) is 5.79. The monoisotopic (exact) mass is 260 g/mol. The molecule has 5 heteroatoms. The van der Waals surface area contributed by atoms with Gasteiger partial charge in [0.25, 0.3) is 0 Å². The zero-order chi connectivity index (χ0) is 8.39. The number of halogens is 1. The van der Waals surface area contributed by atoms with Gasteiger partial charge in [-0.25, -0.2) is 4.98 Å². The second-order valence-electron chi connectivity index (χ2n) is 2.21. The van der Waals surface area contributed by atoms with Crippen molar-refractivity contribution in [1.29, 1.82) is 0 Å². The lowest BCUT2D eigenvalue weighted by Gasteiger charge is -1.87. The first kappa shape index (κ1) is 8.34. The molecular formula is C7H5BrN2S2. The van der Waals surface area contributed by atoms with Gasteiger partial charge in [-0.2, -0.15) is 4.37 Å². The maximum Gasteiger partial charge on any atom is 0.209 e. The second kappa shape index (κ2) is 3.64. The van der Waals surface area contributed by atoms with Gasteiger partial charge in [-0.3, -0.25) is 0 Å². The summed E-state index contributed by atoms with van der Waals surface area (Å²) in [6.45, 7) is 0. The zero-order valence-electron chi connectivity index (χ0n) is 6.03. The molecule has 0 fully saturated rings. The van der Waals surface area contributed by atoms with Crippen molar-refractivity contribution in [2.75, 3.05) is 0 Å². The maximum atomic E-state index is 4.22. The molecule has 0 spiro atoms. The van der Waals surface area contributed by atoms with Gasteiger partial charge in [0.1, 0.15) is 5.01 Å². The minimum Gasteiger partial charge on any atom is -0.214 e. The predicted octanol–water partition coefficient (Wildman–Crippen LogP) is 2.95. The highest BCUT2D eigenvalue weighted by Gasteiger charge is 2.02. The van der Waals surface area contributed by atoms with Crippen LogP contribution in [0.4, 0.5) is 0 Å². The van der Waals surface area contributed by atoms with Crippen LogP contribution in [0.5, 0.6) is 0 Å². The number of hydrogen-bond acceptors (Lipinski definition) is 4. The Morgan fingerprint density at radius 1 is 1.50 bits per heavy atom. The standard InChI is InChI=1S/C7H5BrN2S2/c8-7-9-6(12-10-7)4-5-2-1-3-11-5/h1-3H,4H2. The van der Waals surface area contributed by atoms with Gasteiger partial charge in [-0.1, -0.05) is 6.07 Å². The summed E-state index contributed by atoms with van der Waals surface area (Å²) in [4.78, 5) is 5.55. The average molecular weight is 261 g/mol. The van der Waals surface area contributed by atoms with E-state index in [0.717, 1.165) is 11.4 Å². The second-order valence-corrected chi connectivity index (χ2v) is 4.79. The molecule has 62 valence electrons. The van der Waals surface area contributed by atoms with E-state index in [1.54, 1.807) is 11.3 Å². The van der Waals surface area contributed by atoms with E-state index in [2.05, 4.69) is 42.8 Å². The molecule has 0 saturated heterocycles. The Hall–Kier alpha value is -0.260. The summed E-state index contributed by atoms with van der Waals surface area (Å²) in [7, 11) is 0. The van der Waals surface area contributed by atoms with Crippen LogP contribution in [0.2, 0.25) is 0 Å². The third-order valence-corrected chi connectivity index (χ3v) is 3.53. The van der Waals surface area contributed by atoms with Crippen molar-refractivity contribution in [3.8, 4) is 0 Å². The largest absolute Gasteiger partial charge is 0.214 e. The fraction of sp³-hybridized carbons (Fsp3) is 0.143. The first-order chi connectivity index (χ1) is 5.84. The van der Waals surface area contributed by atoms with Crippen molar-refractivity contribution in [1.82, 2.24) is 9.36 Å². The Kier molecular flexibility index (Phi) is 2.53. The van der Waals surface area contributed by atoms with E-state index in [4.69, 9.17) is 0 Å². The van der Waals surface area contributed by atoms with Crippen molar-refractivity contribution < 1.29 is 0 Å². The Morgan fingerprint density at radius 2 is 2.42 bits per heavy atom. The highest BCUT2D eigenvalue weighted by Crippen LogP contribution is 2.17. The predicted molar refractivity (Wildman–Crippen MR) is 54.7 cm³/mol. The molecule has 0 unspecified atom stereocenters. The summed E-state index contributed by atoms with van der Waals surface area (Å²) >= 11 is 6.42. The van der Waals surface area contributed by atoms with Gasteiger partial charge in [0, 0.05) is 11.3 Å². The molecule has 0 amide bonds. The summed E-state index contributed by atoms with van der Waals surface area (Å²) in [6.07, 6.45) is 0.904. The minimum atomic E-state index is 0.694. The molecule has 0 N–H and O–H groups in total. The van der Waals surface area contributed by atoms with Gasteiger partial charge < -0.3 is 0 Å². The van der Waals surface area contributed by atoms with Crippen LogP contribution in [0.1, 0.15) is 9.88 Å². The van der Waals surface area contributed by atoms with Crippen LogP contribution in [-0.2, 0) is 6.42 Å². The van der Waals surface area contributed by atoms with Crippen LogP contribution in [0.15, 0.2) is 22.2 Å². The number of rotatable bonds is 2. The summed E-state index contributed by atoms with van der Waals surface area (Å²) in [5, 5.41) is 3.13. The van der Waals surface area contributed by atoms with Crippen LogP contribution in [-0.4, -0.2) is 9.36 Å². The molecule has 0 aliphatic heterocycles. The van der Waals surface area contributed by atoms with E-state index < -0.39 is 0 Å². The Bertz CT molecular complexity index is 355. The third kappa shape index (κ3) is 1.91. The van der Waals surface area contributed by atoms with Crippen LogP contribution in [0, 0.1) is 0 Å². The Balaban J connectivity index is 2.14. The quantitative estimate of drug-likeness (QED) is 0.830. The van der Waals surface area contributed by atoms with Gasteiger partial charge in [0.15, 0.2) is 0 Å². The molecule has 0 atom stereocenters. The average Bonchev–Trinajstić information content (AvgIpc) is 2.63. The molecule has 0 saturated carbocycles. The van der Waals surface area contributed by atoms with Gasteiger partial charge >= 0.3 is 0 Å². The minimum absolute atomic E-state index is 0.694. The number of nitrogens with zero attached hydrogens (tertiary/aromatic N) is 2. The lowest BCUT2D eigenvalue weighted by atomic mass is 10.4. The number of aromatic nitrogens is 2. The highest BCUT2D eigenvalue weighted by molar-refractivity contribution is 9.10. The SMILES string of the molecule is Brc1nsc(Cc2cccs2)n1. The normalized spacial score (nSPS) is 10.4. The van der Waals surface area contributed by atoms with Crippen molar-refractivity contribution in [3.63, 3.8) is 0 Å². The molecule has 0 radical (unpaired) electrons. The van der Waals surface area contributed by atoms with E-state index in [-0.39, 0.29) is 0 Å². The molecule has 2 rings (SSSR count). The molecule has 0 aliphatic carbocycles. The van der Waals surface area contributed by atoms with Crippen molar-refractivity contribution in [2.24, 2.45) is 0 Å². The lowest BCUT2D eigenvalue weighted by Crippen LogP contribution is -1.81. The van der Waals surface area contributed by atoms with E-state index in [1.807, 2.05) is 0 Å². The molecule has 0 bridgehead atoms. The molecule has 2 aromatic heterocycles. The molecule has 2 heterocycles. The van der Waals surface area contributed by atoms with Crippen LogP contribution >= 0.6 is 38.8 Å². The Labute approximate surface area is 86.6 Å². The topological polar surface area (TPSA) is 25.8 Å². The van der Waals surface area contributed by atoms with Gasteiger partial charge in [0.2, 0.25) is 4.73 Å². The maximum absolute atomic E-state index is 4.22. The van der Waals surface area contributed by atoms with E-state index in [0.29, 0.717) is 4.73 Å². The zero-order valence-corrected chi connectivity index (χ0v) is 9.25. The fourth-order valence-corrected chi connectivity index (χ4v) is 2.79. The van der Waals surface area contributed by atoms with E-state index >= 15 is 0 Å². The first-order valence-electron chi connectivity index (χ1n) is 3.35. The van der Waals surface area contributed by atoms with Crippen molar-refractivity contribution >= 4 is 38.8 Å². The van der Waals surface area contributed by atoms with Crippen LogP contribution < -0.4 is 0 Å². The van der Waals surface area contributed by atoms with Crippen LogP contribution in [0.25, 0.3) is 0 Å². The Morgan fingerprint density at radius 3 is 3.00 bits per heavy atom. The van der Waals surface area contributed by atoms with Crippen molar-refractivity contribution in [2.45, 2.75) is 6.42 Å². The van der Waals surface area contributed by atoms with Crippen molar-refractivity contribution in [3.05, 3.63) is 32.1 Å². The van der Waals surface area contributed by atoms with E-state index in [1.165, 1.54) is 16.4 Å². The summed E-state index contributed by atoms with van der Waals surface area (Å²) < 4.78 is 4.74. The van der Waals surface area contributed by atoms with E-state index in [9.17, 15) is 0 Å². The smallest absolute Gasteiger partial charge is 0.209 e. The lowest BCUT2D eigenvalue weighted by molar-refractivity contribution is 1.13. The molecule has 0 aliphatic rings. The van der Waals surface area contributed by atoms with Gasteiger partial charge in [-0.05, 0) is 38.9 Å². The number of thiophene rings is 1. The summed E-state index contributed by atoms with van der Waals surface area (Å²) in [6, 6.07) is 4.16.